The third-order valence-electron chi connectivity index (χ3n) is 5.62. The number of nitro groups is 1. The van der Waals surface area contributed by atoms with Gasteiger partial charge in [0.2, 0.25) is 5.91 Å². The molecule has 0 saturated carbocycles. The molecule has 0 radical (unpaired) electrons. The number of amides is 2. The molecule has 2 aliphatic rings. The molecule has 180 valence electrons. The lowest BCUT2D eigenvalue weighted by Gasteiger charge is -2.37. The van der Waals surface area contributed by atoms with E-state index in [2.05, 4.69) is 5.32 Å². The molecule has 3 heterocycles. The molecule has 13 heteroatoms. The standard InChI is InChI=1S/C21H22FN5O6S/c1-13(28)23-10-16-11-26(21(29)33-16)15-2-3-18(17(22)9-15)24-4-6-25(7-5-24)20(34)14-8-19(27(30)31)32-12-14/h2-3,8-9,12,16H,4-7,10-11H2,1H3,(H,23,28)/t16-/m0/s1. The van der Waals surface area contributed by atoms with Gasteiger partial charge in [-0.2, -0.15) is 0 Å². The van der Waals surface area contributed by atoms with Crippen molar-refractivity contribution >= 4 is 46.5 Å². The van der Waals surface area contributed by atoms with Crippen molar-refractivity contribution in [3.8, 4) is 0 Å². The molecule has 0 aliphatic carbocycles. The lowest BCUT2D eigenvalue weighted by molar-refractivity contribution is -0.402. The molecule has 0 bridgehead atoms. The van der Waals surface area contributed by atoms with Crippen molar-refractivity contribution in [2.75, 3.05) is 49.1 Å². The number of thiocarbonyl (C=S) groups is 1. The fourth-order valence-corrected chi connectivity index (χ4v) is 4.17. The highest BCUT2D eigenvalue weighted by Crippen LogP contribution is 2.29. The van der Waals surface area contributed by atoms with Gasteiger partial charge in [0.25, 0.3) is 0 Å². The van der Waals surface area contributed by atoms with Crippen LogP contribution in [0.15, 0.2) is 34.9 Å². The number of carbonyl (C=O) groups excluding carboxylic acids is 2. The molecule has 34 heavy (non-hydrogen) atoms. The zero-order valence-corrected chi connectivity index (χ0v) is 19.0. The van der Waals surface area contributed by atoms with E-state index >= 15 is 0 Å². The third kappa shape index (κ3) is 4.93. The number of anilines is 2. The van der Waals surface area contributed by atoms with Gasteiger partial charge in [0.15, 0.2) is 0 Å². The zero-order chi connectivity index (χ0) is 24.4. The summed E-state index contributed by atoms with van der Waals surface area (Å²) in [6.45, 7) is 3.75. The SMILES string of the molecule is CC(=O)NC[C@H]1CN(c2ccc(N3CCN(C(=S)c4coc([N+](=O)[O-])c4)CC3)c(F)c2)C(=O)O1. The Morgan fingerprint density at radius 1 is 1.29 bits per heavy atom. The van der Waals surface area contributed by atoms with Crippen LogP contribution in [0.5, 0.6) is 0 Å². The van der Waals surface area contributed by atoms with Crippen molar-refractivity contribution in [2.24, 2.45) is 0 Å². The molecule has 1 aromatic heterocycles. The number of hydrogen-bond donors (Lipinski definition) is 1. The number of nitrogens with one attached hydrogen (secondary N) is 1. The average Bonchev–Trinajstić information content (AvgIpc) is 3.44. The van der Waals surface area contributed by atoms with E-state index in [9.17, 15) is 24.1 Å². The van der Waals surface area contributed by atoms with Gasteiger partial charge in [0.05, 0.1) is 36.1 Å². The van der Waals surface area contributed by atoms with Gasteiger partial charge in [-0.05, 0) is 18.2 Å². The summed E-state index contributed by atoms with van der Waals surface area (Å²) in [7, 11) is 0. The number of carbonyl (C=O) groups is 2. The van der Waals surface area contributed by atoms with Crippen LogP contribution >= 0.6 is 12.2 Å². The maximum atomic E-state index is 15.0. The second-order valence-corrected chi connectivity index (χ2v) is 8.29. The van der Waals surface area contributed by atoms with Crippen LogP contribution in [0.2, 0.25) is 0 Å². The number of nitrogens with zero attached hydrogens (tertiary/aromatic N) is 4. The monoisotopic (exact) mass is 491 g/mol. The minimum atomic E-state index is -0.624. The largest absolute Gasteiger partial charge is 0.442 e. The summed E-state index contributed by atoms with van der Waals surface area (Å²) in [4.78, 5) is 39.0. The van der Waals surface area contributed by atoms with Crippen molar-refractivity contribution < 1.29 is 28.1 Å². The minimum absolute atomic E-state index is 0.191. The fraction of sp³-hybridized carbons (Fsp3) is 0.381. The molecule has 2 fully saturated rings. The summed E-state index contributed by atoms with van der Waals surface area (Å²) >= 11 is 5.43. The molecular weight excluding hydrogens is 469 g/mol. The number of piperazine rings is 1. The van der Waals surface area contributed by atoms with E-state index in [-0.39, 0.29) is 24.9 Å². The Bertz CT molecular complexity index is 1130. The number of ether oxygens (including phenoxy) is 1. The molecule has 1 N–H and O–H groups in total. The maximum absolute atomic E-state index is 15.0. The molecule has 0 spiro atoms. The summed E-state index contributed by atoms with van der Waals surface area (Å²) in [5.74, 6) is -1.07. The number of hydrogen-bond acceptors (Lipinski definition) is 8. The van der Waals surface area contributed by atoms with E-state index in [1.807, 2.05) is 9.80 Å². The lowest BCUT2D eigenvalue weighted by atomic mass is 10.2. The Labute approximate surface area is 199 Å². The Hall–Kier alpha value is -3.74. The first-order chi connectivity index (χ1) is 16.2. The van der Waals surface area contributed by atoms with Gasteiger partial charge in [0, 0.05) is 33.1 Å². The van der Waals surface area contributed by atoms with Crippen LogP contribution < -0.4 is 15.1 Å². The number of furan rings is 1. The highest BCUT2D eigenvalue weighted by molar-refractivity contribution is 7.80. The predicted molar refractivity (Wildman–Crippen MR) is 124 cm³/mol. The second-order valence-electron chi connectivity index (χ2n) is 7.90. The third-order valence-corrected chi connectivity index (χ3v) is 6.11. The van der Waals surface area contributed by atoms with Gasteiger partial charge in [-0.15, -0.1) is 0 Å². The first-order valence-electron chi connectivity index (χ1n) is 10.5. The van der Waals surface area contributed by atoms with Crippen molar-refractivity contribution in [1.82, 2.24) is 10.2 Å². The summed E-state index contributed by atoms with van der Waals surface area (Å²) in [5, 5.41) is 13.4. The molecule has 2 saturated heterocycles. The van der Waals surface area contributed by atoms with E-state index in [0.717, 1.165) is 0 Å². The molecule has 1 aromatic carbocycles. The predicted octanol–water partition coefficient (Wildman–Crippen LogP) is 2.29. The van der Waals surface area contributed by atoms with Gasteiger partial charge in [0.1, 0.15) is 28.1 Å². The Morgan fingerprint density at radius 2 is 2.03 bits per heavy atom. The number of cyclic esters (lactones) is 1. The fourth-order valence-electron chi connectivity index (χ4n) is 3.88. The Balaban J connectivity index is 1.36. The molecule has 0 unspecified atom stereocenters. The quantitative estimate of drug-likeness (QED) is 0.368. The second kappa shape index (κ2) is 9.63. The van der Waals surface area contributed by atoms with Crippen molar-refractivity contribution in [2.45, 2.75) is 13.0 Å². The van der Waals surface area contributed by atoms with Crippen LogP contribution in [0.3, 0.4) is 0 Å². The molecule has 2 aromatic rings. The number of halogens is 1. The molecular formula is C21H22FN5O6S. The van der Waals surface area contributed by atoms with Crippen LogP contribution in [-0.2, 0) is 9.53 Å². The normalized spacial score (nSPS) is 18.1. The van der Waals surface area contributed by atoms with Crippen molar-refractivity contribution in [1.29, 1.82) is 0 Å². The molecule has 1 atom stereocenters. The van der Waals surface area contributed by atoms with Crippen LogP contribution in [0, 0.1) is 15.9 Å². The maximum Gasteiger partial charge on any atom is 0.433 e. The lowest BCUT2D eigenvalue weighted by Crippen LogP contribution is -2.48. The first kappa shape index (κ1) is 23.4. The summed E-state index contributed by atoms with van der Waals surface area (Å²) in [6.07, 6.45) is 0.159. The van der Waals surface area contributed by atoms with E-state index in [1.54, 1.807) is 12.1 Å². The average molecular weight is 492 g/mol. The highest BCUT2D eigenvalue weighted by Gasteiger charge is 2.33. The van der Waals surface area contributed by atoms with E-state index in [1.165, 1.54) is 30.2 Å². The van der Waals surface area contributed by atoms with Gasteiger partial charge in [-0.25, -0.2) is 9.18 Å². The summed E-state index contributed by atoms with van der Waals surface area (Å²) < 4.78 is 25.1. The van der Waals surface area contributed by atoms with Gasteiger partial charge in [-0.1, -0.05) is 12.2 Å². The van der Waals surface area contributed by atoms with E-state index in [4.69, 9.17) is 21.4 Å². The van der Waals surface area contributed by atoms with Gasteiger partial charge >= 0.3 is 12.0 Å². The Morgan fingerprint density at radius 3 is 2.65 bits per heavy atom. The number of rotatable bonds is 6. The number of benzene rings is 1. The zero-order valence-electron chi connectivity index (χ0n) is 18.2. The van der Waals surface area contributed by atoms with Crippen molar-refractivity contribution in [3.63, 3.8) is 0 Å². The van der Waals surface area contributed by atoms with E-state index in [0.29, 0.717) is 48.1 Å². The molecule has 2 amide bonds. The minimum Gasteiger partial charge on any atom is -0.442 e. The smallest absolute Gasteiger partial charge is 0.433 e. The first-order valence-corrected chi connectivity index (χ1v) is 10.9. The molecule has 2 aliphatic heterocycles. The van der Waals surface area contributed by atoms with E-state index < -0.39 is 22.9 Å². The van der Waals surface area contributed by atoms with Crippen LogP contribution in [-0.4, -0.2) is 72.2 Å². The van der Waals surface area contributed by atoms with Crippen LogP contribution in [0.1, 0.15) is 12.5 Å². The van der Waals surface area contributed by atoms with Crippen LogP contribution in [0.4, 0.5) is 26.4 Å². The Kier molecular flexibility index (Phi) is 6.63. The molecule has 11 nitrogen and oxygen atoms in total. The van der Waals surface area contributed by atoms with Crippen molar-refractivity contribution in [3.05, 3.63) is 52.0 Å². The van der Waals surface area contributed by atoms with Gasteiger partial charge < -0.3 is 24.3 Å². The molecule has 4 rings (SSSR count). The highest BCUT2D eigenvalue weighted by atomic mass is 32.1. The summed E-state index contributed by atoms with van der Waals surface area (Å²) in [5.41, 5.74) is 1.23. The topological polar surface area (TPSA) is 121 Å². The van der Waals surface area contributed by atoms with Gasteiger partial charge in [-0.3, -0.25) is 19.8 Å². The summed E-state index contributed by atoms with van der Waals surface area (Å²) in [6, 6.07) is 5.85. The van der Waals surface area contributed by atoms with Crippen LogP contribution in [0.25, 0.3) is 0 Å².